The normalized spacial score (nSPS) is 12.5. The fourth-order valence-electron chi connectivity index (χ4n) is 3.36. The van der Waals surface area contributed by atoms with Gasteiger partial charge in [0.2, 0.25) is 0 Å². The van der Waals surface area contributed by atoms with Crippen molar-refractivity contribution in [2.75, 3.05) is 0 Å². The molecule has 2 aromatic carbocycles. The third-order valence-corrected chi connectivity index (χ3v) is 4.68. The molecule has 0 amide bonds. The summed E-state index contributed by atoms with van der Waals surface area (Å²) in [6.45, 7) is 4.42. The fraction of sp³-hybridized carbons (Fsp3) is 0.364. The van der Waals surface area contributed by atoms with E-state index in [0.717, 1.165) is 6.42 Å². The molecule has 0 unspecified atom stereocenters. The molecule has 0 fully saturated rings. The van der Waals surface area contributed by atoms with Gasteiger partial charge in [0.1, 0.15) is 0 Å². The SMILES string of the molecule is CCCCCCC1=Cc2c(cccc2-c2ccc(C)cc2)C1.[Zr]. The zero-order valence-electron chi connectivity index (χ0n) is 14.4. The van der Waals surface area contributed by atoms with Gasteiger partial charge in [-0.25, -0.2) is 0 Å². The van der Waals surface area contributed by atoms with Gasteiger partial charge in [-0.2, -0.15) is 0 Å². The molecule has 2 aromatic rings. The summed E-state index contributed by atoms with van der Waals surface area (Å²) in [4.78, 5) is 0. The first-order chi connectivity index (χ1) is 10.8. The minimum atomic E-state index is 0. The number of benzene rings is 2. The minimum Gasteiger partial charge on any atom is -0.0654 e. The van der Waals surface area contributed by atoms with Crippen molar-refractivity contribution in [1.29, 1.82) is 0 Å². The van der Waals surface area contributed by atoms with Crippen LogP contribution in [0.4, 0.5) is 0 Å². The molecule has 0 atom stereocenters. The van der Waals surface area contributed by atoms with E-state index in [1.54, 1.807) is 5.57 Å². The smallest absolute Gasteiger partial charge is 0 e. The van der Waals surface area contributed by atoms with E-state index in [9.17, 15) is 0 Å². The monoisotopic (exact) mass is 380 g/mol. The Morgan fingerprint density at radius 2 is 1.70 bits per heavy atom. The van der Waals surface area contributed by atoms with Crippen LogP contribution in [0.2, 0.25) is 0 Å². The summed E-state index contributed by atoms with van der Waals surface area (Å²) in [5.74, 6) is 0. The van der Waals surface area contributed by atoms with Crippen LogP contribution in [0.1, 0.15) is 55.7 Å². The second kappa shape index (κ2) is 8.79. The second-order valence-corrected chi connectivity index (χ2v) is 6.53. The first-order valence-corrected chi connectivity index (χ1v) is 8.66. The zero-order chi connectivity index (χ0) is 15.4. The van der Waals surface area contributed by atoms with E-state index in [4.69, 9.17) is 0 Å². The molecule has 0 aliphatic heterocycles. The second-order valence-electron chi connectivity index (χ2n) is 6.53. The number of hydrogen-bond donors (Lipinski definition) is 0. The van der Waals surface area contributed by atoms with Crippen LogP contribution in [0.25, 0.3) is 17.2 Å². The van der Waals surface area contributed by atoms with E-state index in [1.165, 1.54) is 59.9 Å². The molecule has 0 heterocycles. The van der Waals surface area contributed by atoms with Crippen molar-refractivity contribution in [1.82, 2.24) is 0 Å². The summed E-state index contributed by atoms with van der Waals surface area (Å²) in [5, 5.41) is 0. The molecule has 1 heteroatoms. The van der Waals surface area contributed by atoms with Crippen molar-refractivity contribution in [2.24, 2.45) is 0 Å². The molecular weight excluding hydrogens is 355 g/mol. The van der Waals surface area contributed by atoms with Crippen LogP contribution in [0, 0.1) is 6.92 Å². The number of allylic oxidation sites excluding steroid dienone is 1. The number of unbranched alkanes of at least 4 members (excludes halogenated alkanes) is 3. The molecule has 3 rings (SSSR count). The molecule has 23 heavy (non-hydrogen) atoms. The standard InChI is InChI=1S/C22H26.Zr/c1-3-4-5-6-8-18-15-20-9-7-10-21(22(20)16-18)19-13-11-17(2)12-14-19;/h7,9-14,16H,3-6,8,15H2,1-2H3;. The van der Waals surface area contributed by atoms with Crippen LogP contribution < -0.4 is 0 Å². The maximum absolute atomic E-state index is 2.45. The summed E-state index contributed by atoms with van der Waals surface area (Å²) >= 11 is 0. The Morgan fingerprint density at radius 1 is 0.913 bits per heavy atom. The Morgan fingerprint density at radius 3 is 2.43 bits per heavy atom. The topological polar surface area (TPSA) is 0 Å². The van der Waals surface area contributed by atoms with Crippen LogP contribution in [0.15, 0.2) is 48.0 Å². The van der Waals surface area contributed by atoms with Crippen LogP contribution in [0.3, 0.4) is 0 Å². The van der Waals surface area contributed by atoms with Crippen molar-refractivity contribution in [3.05, 3.63) is 64.7 Å². The van der Waals surface area contributed by atoms with E-state index in [0.29, 0.717) is 0 Å². The van der Waals surface area contributed by atoms with E-state index in [-0.39, 0.29) is 26.2 Å². The summed E-state index contributed by atoms with van der Waals surface area (Å²) in [7, 11) is 0. The number of rotatable bonds is 6. The summed E-state index contributed by atoms with van der Waals surface area (Å²) < 4.78 is 0. The zero-order valence-corrected chi connectivity index (χ0v) is 16.8. The molecule has 118 valence electrons. The van der Waals surface area contributed by atoms with Crippen molar-refractivity contribution >= 4 is 6.08 Å². The minimum absolute atomic E-state index is 0. The third kappa shape index (κ3) is 4.54. The predicted octanol–water partition coefficient (Wildman–Crippen LogP) is 6.57. The third-order valence-electron chi connectivity index (χ3n) is 4.68. The Hall–Kier alpha value is -0.937. The fourth-order valence-corrected chi connectivity index (χ4v) is 3.36. The summed E-state index contributed by atoms with van der Waals surface area (Å²) in [6.07, 6.45) is 10.3. The van der Waals surface area contributed by atoms with E-state index >= 15 is 0 Å². The van der Waals surface area contributed by atoms with Crippen LogP contribution in [-0.2, 0) is 32.6 Å². The molecule has 0 spiro atoms. The van der Waals surface area contributed by atoms with Gasteiger partial charge in [0.15, 0.2) is 0 Å². The van der Waals surface area contributed by atoms with Crippen molar-refractivity contribution in [3.8, 4) is 11.1 Å². The quantitative estimate of drug-likeness (QED) is 0.496. The van der Waals surface area contributed by atoms with Gasteiger partial charge in [-0.1, -0.05) is 85.9 Å². The van der Waals surface area contributed by atoms with Gasteiger partial charge in [-0.3, -0.25) is 0 Å². The molecule has 0 saturated heterocycles. The predicted molar refractivity (Wildman–Crippen MR) is 97.1 cm³/mol. The molecule has 0 aromatic heterocycles. The summed E-state index contributed by atoms with van der Waals surface area (Å²) in [6, 6.07) is 15.7. The van der Waals surface area contributed by atoms with Gasteiger partial charge in [-0.15, -0.1) is 0 Å². The van der Waals surface area contributed by atoms with Crippen LogP contribution >= 0.6 is 0 Å². The van der Waals surface area contributed by atoms with Crippen LogP contribution in [-0.4, -0.2) is 0 Å². The first kappa shape index (κ1) is 18.4. The van der Waals surface area contributed by atoms with Gasteiger partial charge in [0, 0.05) is 26.2 Å². The Balaban J connectivity index is 0.00000192. The largest absolute Gasteiger partial charge is 0.0654 e. The Labute approximate surface area is 160 Å². The van der Waals surface area contributed by atoms with Crippen molar-refractivity contribution in [2.45, 2.75) is 52.4 Å². The number of aryl methyl sites for hydroxylation is 1. The van der Waals surface area contributed by atoms with Gasteiger partial charge in [-0.05, 0) is 48.4 Å². The van der Waals surface area contributed by atoms with Gasteiger partial charge < -0.3 is 0 Å². The van der Waals surface area contributed by atoms with Crippen LogP contribution in [0.5, 0.6) is 0 Å². The van der Waals surface area contributed by atoms with Gasteiger partial charge in [0.05, 0.1) is 0 Å². The average Bonchev–Trinajstić information content (AvgIpc) is 2.95. The summed E-state index contributed by atoms with van der Waals surface area (Å²) in [5.41, 5.74) is 8.63. The molecule has 0 bridgehead atoms. The molecule has 1 aliphatic rings. The molecule has 0 nitrogen and oxygen atoms in total. The van der Waals surface area contributed by atoms with Gasteiger partial charge >= 0.3 is 0 Å². The maximum atomic E-state index is 2.45. The molecule has 0 N–H and O–H groups in total. The van der Waals surface area contributed by atoms with Crippen molar-refractivity contribution < 1.29 is 26.2 Å². The maximum Gasteiger partial charge on any atom is 0 e. The Kier molecular flexibility index (Phi) is 7.03. The average molecular weight is 382 g/mol. The van der Waals surface area contributed by atoms with Crippen molar-refractivity contribution in [3.63, 3.8) is 0 Å². The molecule has 0 saturated carbocycles. The Bertz CT molecular complexity index is 665. The van der Waals surface area contributed by atoms with E-state index in [2.05, 4.69) is 62.4 Å². The van der Waals surface area contributed by atoms with E-state index in [1.807, 2.05) is 0 Å². The molecule has 0 radical (unpaired) electrons. The molecule has 1 aliphatic carbocycles. The number of hydrogen-bond acceptors (Lipinski definition) is 0. The van der Waals surface area contributed by atoms with Gasteiger partial charge in [0.25, 0.3) is 0 Å². The number of fused-ring (bicyclic) bond motifs is 1. The molecular formula is C22H26Zr. The first-order valence-electron chi connectivity index (χ1n) is 8.66. The van der Waals surface area contributed by atoms with E-state index < -0.39 is 0 Å².